The Morgan fingerprint density at radius 3 is 2.56 bits per heavy atom. The molecule has 2 N–H and O–H groups in total. The van der Waals surface area contributed by atoms with E-state index in [2.05, 4.69) is 15.6 Å². The standard InChI is InChI=1S/C16H14Cl2FN3O2S/c1-8(23)20-9-3-4-10(11(19)5-9)12-6-25-14(21-12)22-13(24)15(2)7-16(15,17)18/h3-6H,7H2,1-2H3,(H,20,23)(H,21,22,24). The van der Waals surface area contributed by atoms with E-state index in [1.807, 2.05) is 0 Å². The minimum Gasteiger partial charge on any atom is -0.326 e. The van der Waals surface area contributed by atoms with Gasteiger partial charge in [0.2, 0.25) is 11.8 Å². The first kappa shape index (κ1) is 18.1. The first-order chi connectivity index (χ1) is 11.6. The number of nitrogens with zero attached hydrogens (tertiary/aromatic N) is 1. The summed E-state index contributed by atoms with van der Waals surface area (Å²) in [7, 11) is 0. The maximum atomic E-state index is 14.3. The number of hydrogen-bond donors (Lipinski definition) is 2. The van der Waals surface area contributed by atoms with E-state index in [1.165, 1.54) is 30.4 Å². The van der Waals surface area contributed by atoms with Crippen molar-refractivity contribution in [2.24, 2.45) is 5.41 Å². The second-order valence-corrected chi connectivity index (χ2v) is 8.42. The molecule has 0 aliphatic heterocycles. The van der Waals surface area contributed by atoms with E-state index < -0.39 is 15.6 Å². The zero-order chi connectivity index (χ0) is 18.4. The molecule has 1 aromatic carbocycles. The highest BCUT2D eigenvalue weighted by Gasteiger charge is 2.68. The molecule has 1 saturated carbocycles. The van der Waals surface area contributed by atoms with E-state index in [9.17, 15) is 14.0 Å². The van der Waals surface area contributed by atoms with Crippen molar-refractivity contribution in [3.63, 3.8) is 0 Å². The summed E-state index contributed by atoms with van der Waals surface area (Å²) in [6.45, 7) is 3.02. The molecule has 0 radical (unpaired) electrons. The van der Waals surface area contributed by atoms with Gasteiger partial charge in [-0.25, -0.2) is 9.37 Å². The van der Waals surface area contributed by atoms with Crippen molar-refractivity contribution in [2.45, 2.75) is 24.6 Å². The third-order valence-corrected chi connectivity index (χ3v) is 5.91. The molecule has 1 unspecified atom stereocenters. The molecule has 1 atom stereocenters. The highest BCUT2D eigenvalue weighted by Crippen LogP contribution is 2.64. The maximum Gasteiger partial charge on any atom is 0.235 e. The zero-order valence-corrected chi connectivity index (χ0v) is 15.7. The van der Waals surface area contributed by atoms with Crippen LogP contribution in [0.25, 0.3) is 11.3 Å². The van der Waals surface area contributed by atoms with Gasteiger partial charge in [-0.1, -0.05) is 0 Å². The molecular weight excluding hydrogens is 388 g/mol. The van der Waals surface area contributed by atoms with Gasteiger partial charge < -0.3 is 10.6 Å². The van der Waals surface area contributed by atoms with Crippen LogP contribution in [-0.4, -0.2) is 21.1 Å². The van der Waals surface area contributed by atoms with Crippen molar-refractivity contribution in [1.29, 1.82) is 0 Å². The smallest absolute Gasteiger partial charge is 0.235 e. The lowest BCUT2D eigenvalue weighted by molar-refractivity contribution is -0.120. The third kappa shape index (κ3) is 3.49. The summed E-state index contributed by atoms with van der Waals surface area (Å²) in [6, 6.07) is 4.32. The summed E-state index contributed by atoms with van der Waals surface area (Å²) >= 11 is 13.2. The second-order valence-electron chi connectivity index (χ2n) is 6.08. The Labute approximate surface area is 157 Å². The SMILES string of the molecule is CC(=O)Nc1ccc(-c2csc(NC(=O)C3(C)CC3(Cl)Cl)n2)c(F)c1. The van der Waals surface area contributed by atoms with Crippen LogP contribution >= 0.6 is 34.5 Å². The van der Waals surface area contributed by atoms with E-state index in [0.29, 0.717) is 22.9 Å². The fourth-order valence-electron chi connectivity index (χ4n) is 2.34. The van der Waals surface area contributed by atoms with E-state index in [-0.39, 0.29) is 17.4 Å². The Balaban J connectivity index is 1.76. The van der Waals surface area contributed by atoms with Crippen LogP contribution in [0.2, 0.25) is 0 Å². The first-order valence-corrected chi connectivity index (χ1v) is 8.98. The number of benzene rings is 1. The molecule has 1 aliphatic carbocycles. The molecule has 1 fully saturated rings. The molecule has 1 aromatic heterocycles. The van der Waals surface area contributed by atoms with Crippen LogP contribution in [0.1, 0.15) is 20.3 Å². The number of alkyl halides is 2. The van der Waals surface area contributed by atoms with Crippen molar-refractivity contribution in [3.8, 4) is 11.3 Å². The number of amides is 2. The average Bonchev–Trinajstić information content (AvgIpc) is 2.82. The Morgan fingerprint density at radius 1 is 1.32 bits per heavy atom. The zero-order valence-electron chi connectivity index (χ0n) is 13.3. The highest BCUT2D eigenvalue weighted by molar-refractivity contribution is 7.14. The van der Waals surface area contributed by atoms with E-state index >= 15 is 0 Å². The minimum atomic E-state index is -1.07. The lowest BCUT2D eigenvalue weighted by Gasteiger charge is -2.10. The van der Waals surface area contributed by atoms with Crippen LogP contribution in [0.3, 0.4) is 0 Å². The summed E-state index contributed by atoms with van der Waals surface area (Å²) in [4.78, 5) is 27.5. The summed E-state index contributed by atoms with van der Waals surface area (Å²) < 4.78 is 13.2. The molecule has 2 aromatic rings. The monoisotopic (exact) mass is 401 g/mol. The number of aromatic nitrogens is 1. The Morgan fingerprint density at radius 2 is 2.00 bits per heavy atom. The van der Waals surface area contributed by atoms with Crippen LogP contribution < -0.4 is 10.6 Å². The van der Waals surface area contributed by atoms with E-state index in [0.717, 1.165) is 0 Å². The maximum absolute atomic E-state index is 14.3. The van der Waals surface area contributed by atoms with Gasteiger partial charge in [-0.05, 0) is 31.5 Å². The quantitative estimate of drug-likeness (QED) is 0.744. The van der Waals surface area contributed by atoms with Crippen LogP contribution in [0, 0.1) is 11.2 Å². The molecule has 1 heterocycles. The Kier molecular flexibility index (Phi) is 4.51. The van der Waals surface area contributed by atoms with Crippen LogP contribution in [0.15, 0.2) is 23.6 Å². The van der Waals surface area contributed by atoms with Crippen molar-refractivity contribution >= 4 is 57.2 Å². The predicted octanol–water partition coefficient (Wildman–Crippen LogP) is 4.43. The number of hydrogen-bond acceptors (Lipinski definition) is 4. The molecule has 3 rings (SSSR count). The van der Waals surface area contributed by atoms with Gasteiger partial charge in [-0.2, -0.15) is 0 Å². The van der Waals surface area contributed by atoms with E-state index in [4.69, 9.17) is 23.2 Å². The van der Waals surface area contributed by atoms with Gasteiger partial charge in [0.25, 0.3) is 0 Å². The second kappa shape index (κ2) is 6.23. The lowest BCUT2D eigenvalue weighted by atomic mass is 10.1. The van der Waals surface area contributed by atoms with Gasteiger partial charge in [-0.3, -0.25) is 9.59 Å². The number of anilines is 2. The Hall–Kier alpha value is -1.70. The number of carbonyl (C=O) groups is 2. The number of rotatable bonds is 4. The first-order valence-electron chi connectivity index (χ1n) is 7.35. The van der Waals surface area contributed by atoms with Gasteiger partial charge in [-0.15, -0.1) is 34.5 Å². The molecule has 0 saturated heterocycles. The molecule has 1 aliphatic rings. The van der Waals surface area contributed by atoms with Crippen LogP contribution in [0.4, 0.5) is 15.2 Å². The van der Waals surface area contributed by atoms with Crippen molar-refractivity contribution in [2.75, 3.05) is 10.6 Å². The van der Waals surface area contributed by atoms with Gasteiger partial charge >= 0.3 is 0 Å². The van der Waals surface area contributed by atoms with E-state index in [1.54, 1.807) is 18.4 Å². The van der Waals surface area contributed by atoms with Gasteiger partial charge in [0.05, 0.1) is 11.1 Å². The van der Waals surface area contributed by atoms with Gasteiger partial charge in [0.15, 0.2) is 5.13 Å². The number of nitrogens with one attached hydrogen (secondary N) is 2. The summed E-state index contributed by atoms with van der Waals surface area (Å²) in [6.07, 6.45) is 0.367. The minimum absolute atomic E-state index is 0.271. The predicted molar refractivity (Wildman–Crippen MR) is 97.6 cm³/mol. The highest BCUT2D eigenvalue weighted by atomic mass is 35.5. The molecule has 9 heteroatoms. The molecule has 5 nitrogen and oxygen atoms in total. The average molecular weight is 402 g/mol. The van der Waals surface area contributed by atoms with Crippen molar-refractivity contribution in [3.05, 3.63) is 29.4 Å². The topological polar surface area (TPSA) is 71.1 Å². The molecule has 0 bridgehead atoms. The number of carbonyl (C=O) groups excluding carboxylic acids is 2. The molecule has 25 heavy (non-hydrogen) atoms. The Bertz CT molecular complexity index is 871. The van der Waals surface area contributed by atoms with Crippen molar-refractivity contribution < 1.29 is 14.0 Å². The fourth-order valence-corrected chi connectivity index (χ4v) is 3.75. The van der Waals surface area contributed by atoms with Crippen LogP contribution in [0.5, 0.6) is 0 Å². The normalized spacial score (nSPS) is 20.8. The largest absolute Gasteiger partial charge is 0.326 e. The number of halogens is 3. The lowest BCUT2D eigenvalue weighted by Crippen LogP contribution is -2.25. The molecule has 0 spiro atoms. The van der Waals surface area contributed by atoms with Gasteiger partial charge in [0, 0.05) is 23.6 Å². The third-order valence-electron chi connectivity index (χ3n) is 4.05. The molecular formula is C16H14Cl2FN3O2S. The number of thiazole rings is 1. The fraction of sp³-hybridized carbons (Fsp3) is 0.312. The summed E-state index contributed by atoms with van der Waals surface area (Å²) in [5.41, 5.74) is 0.163. The van der Waals surface area contributed by atoms with Crippen LogP contribution in [-0.2, 0) is 9.59 Å². The van der Waals surface area contributed by atoms with Gasteiger partial charge in [0.1, 0.15) is 10.2 Å². The molecule has 132 valence electrons. The van der Waals surface area contributed by atoms with Crippen molar-refractivity contribution in [1.82, 2.24) is 4.98 Å². The summed E-state index contributed by atoms with van der Waals surface area (Å²) in [5, 5.41) is 7.15. The molecule has 2 amide bonds. The summed E-state index contributed by atoms with van der Waals surface area (Å²) in [5.74, 6) is -1.13.